The van der Waals surface area contributed by atoms with E-state index >= 15 is 0 Å². The van der Waals surface area contributed by atoms with Crippen LogP contribution in [-0.4, -0.2) is 125 Å². The van der Waals surface area contributed by atoms with Gasteiger partial charge in [-0.2, -0.15) is 13.1 Å². The molecule has 0 spiro atoms. The summed E-state index contributed by atoms with van der Waals surface area (Å²) in [7, 11) is -5.25. The summed E-state index contributed by atoms with van der Waals surface area (Å²) in [6.45, 7) is 1.63. The van der Waals surface area contributed by atoms with Gasteiger partial charge in [0.25, 0.3) is 17.7 Å². The topological polar surface area (TPSA) is 340 Å². The van der Waals surface area contributed by atoms with Crippen LogP contribution in [-0.2, 0) is 29.5 Å². The van der Waals surface area contributed by atoms with Crippen molar-refractivity contribution >= 4 is 79.4 Å². The van der Waals surface area contributed by atoms with Crippen LogP contribution in [0.25, 0.3) is 0 Å². The number of aromatic hydroxyl groups is 1. The SMILES string of the molecule is CC(C)(O/N=C(\C(=O)N=C1C(=O)N(S(=O)(=O)O)[C@H]1CNC(=O)c1cc([C@@H]2CCN(C(=O)c3cc(=O)c(O)cn3O)C2)no1)c1nc(N)sc1Cl)C(=O)O. The molecule has 2 fully saturated rings. The van der Waals surface area contributed by atoms with Crippen LogP contribution in [0, 0.1) is 0 Å². The lowest BCUT2D eigenvalue weighted by Gasteiger charge is -2.37. The van der Waals surface area contributed by atoms with Crippen LogP contribution in [0.5, 0.6) is 5.75 Å². The standard InChI is InChI=1S/C27H26ClN9O14S2/c1-27(2,25(44)45)51-34-19(18-20(28)52-26(29)32-18)22(41)31-17-13(37(24(17)43)53(47,48)49)7-30-21(40)16-5-11(33-50-16)10-3-4-35(8-10)23(42)12-6-14(38)15(39)9-36(12)46/h5-6,9-10,13,39,46H,3-4,7-8H2,1-2H3,(H2,29,32)(H,30,40)(H,44,45)(H,47,48,49)/b31-17?,34-19-/t10-,13+/m1/s1. The number of thiazole rings is 1. The number of amides is 4. The number of carboxylic acid groups (broad SMARTS) is 1. The second-order valence-electron chi connectivity index (χ2n) is 11.7. The number of pyridine rings is 1. The van der Waals surface area contributed by atoms with Gasteiger partial charge in [0.05, 0.1) is 11.9 Å². The van der Waals surface area contributed by atoms with Gasteiger partial charge in [-0.15, -0.1) is 0 Å². The van der Waals surface area contributed by atoms with E-state index in [9.17, 15) is 57.2 Å². The number of nitrogens with two attached hydrogens (primary N) is 1. The number of aliphatic carboxylic acids is 1. The molecule has 23 nitrogen and oxygen atoms in total. The predicted molar refractivity (Wildman–Crippen MR) is 177 cm³/mol. The highest BCUT2D eigenvalue weighted by Gasteiger charge is 2.51. The van der Waals surface area contributed by atoms with Gasteiger partial charge in [-0.3, -0.25) is 28.5 Å². The third-order valence-corrected chi connectivity index (χ3v) is 9.73. The van der Waals surface area contributed by atoms with E-state index in [4.69, 9.17) is 26.7 Å². The number of halogens is 1. The van der Waals surface area contributed by atoms with Crippen molar-refractivity contribution in [2.24, 2.45) is 10.1 Å². The van der Waals surface area contributed by atoms with Crippen LogP contribution in [0.3, 0.4) is 0 Å². The molecule has 3 aromatic heterocycles. The Morgan fingerprint density at radius 1 is 1.25 bits per heavy atom. The number of nitrogens with one attached hydrogen (secondary N) is 1. The number of aliphatic imine (C=N–C) groups is 1. The highest BCUT2D eigenvalue weighted by Crippen LogP contribution is 2.30. The number of hydrogen-bond donors (Lipinski definition) is 6. The number of hydrogen-bond acceptors (Lipinski definition) is 17. The highest BCUT2D eigenvalue weighted by molar-refractivity contribution is 7.84. The van der Waals surface area contributed by atoms with Gasteiger partial charge in [-0.25, -0.2) is 19.1 Å². The number of oxime groups is 1. The summed E-state index contributed by atoms with van der Waals surface area (Å²) in [5.41, 5.74) is 0.595. The maximum atomic E-state index is 13.3. The van der Waals surface area contributed by atoms with Crippen molar-refractivity contribution in [3.05, 3.63) is 55.7 Å². The molecule has 53 heavy (non-hydrogen) atoms. The average molecular weight is 800 g/mol. The fourth-order valence-electron chi connectivity index (χ4n) is 4.90. The average Bonchev–Trinajstić information content (AvgIpc) is 3.82. The van der Waals surface area contributed by atoms with Gasteiger partial charge in [0, 0.05) is 37.7 Å². The Morgan fingerprint density at radius 2 is 1.94 bits per heavy atom. The number of anilines is 1. The highest BCUT2D eigenvalue weighted by atomic mass is 35.5. The molecule has 0 aliphatic carbocycles. The first kappa shape index (κ1) is 38.3. The van der Waals surface area contributed by atoms with E-state index in [1.54, 1.807) is 0 Å². The number of nitrogen functional groups attached to an aromatic ring is 1. The summed E-state index contributed by atoms with van der Waals surface area (Å²) in [6, 6.07) is 0.247. The molecule has 5 heterocycles. The zero-order valence-electron chi connectivity index (χ0n) is 27.0. The number of carboxylic acids is 1. The molecule has 3 aromatic rings. The van der Waals surface area contributed by atoms with E-state index in [-0.39, 0.29) is 32.6 Å². The summed E-state index contributed by atoms with van der Waals surface area (Å²) in [5.74, 6) is -7.69. The molecule has 0 unspecified atom stereocenters. The molecule has 282 valence electrons. The van der Waals surface area contributed by atoms with E-state index in [0.29, 0.717) is 28.7 Å². The molecule has 4 amide bonds. The lowest BCUT2D eigenvalue weighted by molar-refractivity contribution is -0.161. The molecule has 5 rings (SSSR count). The maximum Gasteiger partial charge on any atom is 0.363 e. The van der Waals surface area contributed by atoms with Crippen LogP contribution in [0.15, 0.2) is 37.8 Å². The van der Waals surface area contributed by atoms with Crippen LogP contribution in [0.2, 0.25) is 4.34 Å². The second-order valence-corrected chi connectivity index (χ2v) is 14.7. The van der Waals surface area contributed by atoms with E-state index in [1.165, 1.54) is 11.0 Å². The lowest BCUT2D eigenvalue weighted by Crippen LogP contribution is -2.67. The third-order valence-electron chi connectivity index (χ3n) is 7.73. The minimum Gasteiger partial charge on any atom is -0.503 e. The minimum absolute atomic E-state index is 0.0334. The minimum atomic E-state index is -5.25. The smallest absolute Gasteiger partial charge is 0.363 e. The monoisotopic (exact) mass is 799 g/mol. The van der Waals surface area contributed by atoms with Crippen LogP contribution in [0.4, 0.5) is 5.13 Å². The Hall–Kier alpha value is -5.92. The number of carbonyl (C=O) groups excluding carboxylic acids is 4. The summed E-state index contributed by atoms with van der Waals surface area (Å²) < 4.78 is 38.8. The number of aromatic nitrogens is 3. The maximum absolute atomic E-state index is 13.3. The first-order valence-corrected chi connectivity index (χ1v) is 17.3. The fraction of sp³-hybridized carbons (Fsp3) is 0.333. The second kappa shape index (κ2) is 14.2. The van der Waals surface area contributed by atoms with E-state index in [0.717, 1.165) is 19.9 Å². The van der Waals surface area contributed by atoms with Crippen molar-refractivity contribution in [3.63, 3.8) is 0 Å². The fourth-order valence-corrected chi connectivity index (χ4v) is 6.63. The van der Waals surface area contributed by atoms with Gasteiger partial charge in [0.2, 0.25) is 16.8 Å². The number of rotatable bonds is 11. The van der Waals surface area contributed by atoms with E-state index in [1.807, 2.05) is 0 Å². The molecule has 0 aromatic carbocycles. The normalized spacial score (nSPS) is 18.6. The molecule has 7 N–H and O–H groups in total. The van der Waals surface area contributed by atoms with Crippen molar-refractivity contribution in [1.29, 1.82) is 0 Å². The Bertz CT molecular complexity index is 2280. The summed E-state index contributed by atoms with van der Waals surface area (Å²) in [6.07, 6.45) is 1.01. The molecule has 0 radical (unpaired) electrons. The molecule has 0 saturated carbocycles. The molecule has 2 atom stereocenters. The molecule has 0 bridgehead atoms. The predicted octanol–water partition coefficient (Wildman–Crippen LogP) is -0.904. The van der Waals surface area contributed by atoms with Crippen molar-refractivity contribution in [1.82, 2.24) is 29.4 Å². The van der Waals surface area contributed by atoms with Gasteiger partial charge >= 0.3 is 22.2 Å². The van der Waals surface area contributed by atoms with Gasteiger partial charge in [-0.1, -0.05) is 33.3 Å². The summed E-state index contributed by atoms with van der Waals surface area (Å²) in [4.78, 5) is 88.9. The van der Waals surface area contributed by atoms with E-state index in [2.05, 4.69) is 25.6 Å². The Balaban J connectivity index is 1.31. The van der Waals surface area contributed by atoms with Gasteiger partial charge < -0.3 is 40.7 Å². The van der Waals surface area contributed by atoms with Gasteiger partial charge in [0.1, 0.15) is 27.5 Å². The van der Waals surface area contributed by atoms with Crippen molar-refractivity contribution < 1.29 is 61.7 Å². The zero-order valence-corrected chi connectivity index (χ0v) is 29.4. The summed E-state index contributed by atoms with van der Waals surface area (Å²) in [5, 5.41) is 38.3. The van der Waals surface area contributed by atoms with Crippen LogP contribution >= 0.6 is 22.9 Å². The van der Waals surface area contributed by atoms with Crippen molar-refractivity contribution in [3.8, 4) is 5.75 Å². The summed E-state index contributed by atoms with van der Waals surface area (Å²) >= 11 is 6.80. The number of β-lactam (4-membered cyclic amide) rings is 1. The largest absolute Gasteiger partial charge is 0.503 e. The van der Waals surface area contributed by atoms with Crippen molar-refractivity contribution in [2.75, 3.05) is 25.4 Å². The van der Waals surface area contributed by atoms with Gasteiger partial charge in [0.15, 0.2) is 16.6 Å². The van der Waals surface area contributed by atoms with Crippen molar-refractivity contribution in [2.45, 2.75) is 37.8 Å². The Kier molecular flexibility index (Phi) is 10.3. The number of likely N-dealkylation sites (tertiary alicyclic amines) is 1. The third kappa shape index (κ3) is 7.81. The first-order valence-electron chi connectivity index (χ1n) is 14.7. The van der Waals surface area contributed by atoms with Gasteiger partial charge in [-0.05, 0) is 20.3 Å². The molecular weight excluding hydrogens is 774 g/mol. The zero-order chi connectivity index (χ0) is 39.2. The molecule has 2 aliphatic rings. The quantitative estimate of drug-likeness (QED) is 0.0450. The van der Waals surface area contributed by atoms with Crippen LogP contribution in [0.1, 0.15) is 58.6 Å². The molecule has 2 aliphatic heterocycles. The Labute approximate surface area is 304 Å². The lowest BCUT2D eigenvalue weighted by atomic mass is 10.0. The van der Waals surface area contributed by atoms with Crippen LogP contribution < -0.4 is 16.5 Å². The Morgan fingerprint density at radius 3 is 2.57 bits per heavy atom. The number of nitrogens with zero attached hydrogens (tertiary/aromatic N) is 7. The molecular formula is C27H26ClN9O14S2. The first-order chi connectivity index (χ1) is 24.7. The number of carbonyl (C=O) groups is 5. The molecule has 26 heteroatoms. The van der Waals surface area contributed by atoms with E-state index < -0.39 is 104 Å². The molecule has 2 saturated heterocycles.